The lowest BCUT2D eigenvalue weighted by atomic mass is 10.0. The highest BCUT2D eigenvalue weighted by atomic mass is 16.5. The Labute approximate surface area is 133 Å². The molecule has 0 aliphatic carbocycles. The summed E-state index contributed by atoms with van der Waals surface area (Å²) in [6.45, 7) is 0. The zero-order chi connectivity index (χ0) is 16.2. The van der Waals surface area contributed by atoms with Gasteiger partial charge in [0.2, 0.25) is 5.75 Å². The van der Waals surface area contributed by atoms with E-state index < -0.39 is 0 Å². The number of phenols is 2. The van der Waals surface area contributed by atoms with Crippen molar-refractivity contribution in [2.45, 2.75) is 0 Å². The highest BCUT2D eigenvalue weighted by molar-refractivity contribution is 6.11. The van der Waals surface area contributed by atoms with E-state index in [0.717, 1.165) is 0 Å². The van der Waals surface area contributed by atoms with Gasteiger partial charge in [-0.25, -0.2) is 0 Å². The van der Waals surface area contributed by atoms with Crippen molar-refractivity contribution in [2.24, 2.45) is 0 Å². The van der Waals surface area contributed by atoms with E-state index in [1.54, 1.807) is 54.6 Å². The highest BCUT2D eigenvalue weighted by Gasteiger charge is 2.20. The van der Waals surface area contributed by atoms with Gasteiger partial charge in [-0.3, -0.25) is 4.79 Å². The average Bonchev–Trinajstić information content (AvgIpc) is 2.60. The summed E-state index contributed by atoms with van der Waals surface area (Å²) in [6, 6.07) is 20.0. The molecule has 0 spiro atoms. The minimum Gasteiger partial charge on any atom is -0.504 e. The number of aromatic hydroxyl groups is 2. The number of para-hydroxylation sites is 1. The van der Waals surface area contributed by atoms with Crippen LogP contribution in [0.15, 0.2) is 72.8 Å². The summed E-state index contributed by atoms with van der Waals surface area (Å²) in [5.41, 5.74) is 0.513. The first-order chi connectivity index (χ1) is 11.2. The Morgan fingerprint density at radius 1 is 0.783 bits per heavy atom. The van der Waals surface area contributed by atoms with Gasteiger partial charge < -0.3 is 14.9 Å². The Morgan fingerprint density at radius 2 is 1.39 bits per heavy atom. The molecule has 0 aromatic heterocycles. The van der Waals surface area contributed by atoms with Gasteiger partial charge in [-0.2, -0.15) is 0 Å². The third-order valence-electron chi connectivity index (χ3n) is 3.35. The summed E-state index contributed by atoms with van der Waals surface area (Å²) >= 11 is 0. The maximum atomic E-state index is 12.5. The van der Waals surface area contributed by atoms with Crippen molar-refractivity contribution >= 4 is 5.78 Å². The molecule has 3 aromatic rings. The summed E-state index contributed by atoms with van der Waals surface area (Å²) in [5, 5.41) is 20.3. The zero-order valence-corrected chi connectivity index (χ0v) is 12.1. The van der Waals surface area contributed by atoms with Crippen LogP contribution >= 0.6 is 0 Å². The molecule has 114 valence electrons. The fourth-order valence-electron chi connectivity index (χ4n) is 2.20. The summed E-state index contributed by atoms with van der Waals surface area (Å²) < 4.78 is 5.51. The van der Waals surface area contributed by atoms with Crippen molar-refractivity contribution in [1.82, 2.24) is 0 Å². The molecule has 23 heavy (non-hydrogen) atoms. The molecular weight excluding hydrogens is 292 g/mol. The predicted molar refractivity (Wildman–Crippen MR) is 86.2 cm³/mol. The number of ketones is 1. The van der Waals surface area contributed by atoms with Crippen LogP contribution in [-0.2, 0) is 0 Å². The molecule has 0 amide bonds. The molecule has 3 rings (SSSR count). The summed E-state index contributed by atoms with van der Waals surface area (Å²) in [6.07, 6.45) is 0. The molecule has 3 aromatic carbocycles. The Bertz CT molecular complexity index is 827. The van der Waals surface area contributed by atoms with E-state index in [0.29, 0.717) is 11.3 Å². The fourth-order valence-corrected chi connectivity index (χ4v) is 2.20. The molecule has 4 nitrogen and oxygen atoms in total. The monoisotopic (exact) mass is 306 g/mol. The molecule has 0 aliphatic rings. The smallest absolute Gasteiger partial charge is 0.211 e. The van der Waals surface area contributed by atoms with Crippen molar-refractivity contribution in [2.75, 3.05) is 0 Å². The maximum absolute atomic E-state index is 12.5. The molecule has 4 heteroatoms. The minimum atomic E-state index is -0.386. The standard InChI is InChI=1S/C19H14O4/c20-16-12-11-15(17(21)13-7-3-1-4-8-13)18(22)19(16)23-14-9-5-2-6-10-14/h1-12,20,22H. The van der Waals surface area contributed by atoms with E-state index >= 15 is 0 Å². The normalized spacial score (nSPS) is 10.3. The van der Waals surface area contributed by atoms with Gasteiger partial charge in [0.25, 0.3) is 0 Å². The number of hydrogen-bond acceptors (Lipinski definition) is 4. The first-order valence-electron chi connectivity index (χ1n) is 7.04. The molecule has 0 bridgehead atoms. The van der Waals surface area contributed by atoms with Crippen molar-refractivity contribution in [3.63, 3.8) is 0 Å². The molecule has 0 saturated carbocycles. The molecule has 0 fully saturated rings. The molecule has 0 saturated heterocycles. The van der Waals surface area contributed by atoms with Gasteiger partial charge in [-0.05, 0) is 24.3 Å². The van der Waals surface area contributed by atoms with Gasteiger partial charge in [0.1, 0.15) is 5.75 Å². The Hall–Kier alpha value is -3.27. The molecule has 0 radical (unpaired) electrons. The van der Waals surface area contributed by atoms with E-state index in [4.69, 9.17) is 4.74 Å². The lowest BCUT2D eigenvalue weighted by Gasteiger charge is -2.12. The number of benzene rings is 3. The van der Waals surface area contributed by atoms with Gasteiger partial charge in [-0.15, -0.1) is 0 Å². The maximum Gasteiger partial charge on any atom is 0.211 e. The van der Waals surface area contributed by atoms with Gasteiger partial charge in [0, 0.05) is 5.56 Å². The van der Waals surface area contributed by atoms with Crippen molar-refractivity contribution < 1.29 is 19.7 Å². The quantitative estimate of drug-likeness (QED) is 0.711. The number of rotatable bonds is 4. The van der Waals surface area contributed by atoms with E-state index in [-0.39, 0.29) is 28.6 Å². The summed E-state index contributed by atoms with van der Waals surface area (Å²) in [4.78, 5) is 12.5. The van der Waals surface area contributed by atoms with Crippen LogP contribution in [0.4, 0.5) is 0 Å². The summed E-state index contributed by atoms with van der Waals surface area (Å²) in [5.74, 6) is -0.667. The number of carbonyl (C=O) groups is 1. The molecule has 2 N–H and O–H groups in total. The van der Waals surface area contributed by atoms with Crippen molar-refractivity contribution in [3.05, 3.63) is 83.9 Å². The predicted octanol–water partition coefficient (Wildman–Crippen LogP) is 4.12. The van der Waals surface area contributed by atoms with Gasteiger partial charge >= 0.3 is 0 Å². The van der Waals surface area contributed by atoms with E-state index in [1.165, 1.54) is 12.1 Å². The number of hydrogen-bond donors (Lipinski definition) is 2. The van der Waals surface area contributed by atoms with Crippen LogP contribution in [-0.4, -0.2) is 16.0 Å². The van der Waals surface area contributed by atoms with Crippen LogP contribution < -0.4 is 4.74 Å². The lowest BCUT2D eigenvalue weighted by Crippen LogP contribution is -2.02. The Morgan fingerprint density at radius 3 is 2.04 bits per heavy atom. The van der Waals surface area contributed by atoms with Crippen LogP contribution in [0, 0.1) is 0 Å². The topological polar surface area (TPSA) is 66.8 Å². The average molecular weight is 306 g/mol. The van der Waals surface area contributed by atoms with Gasteiger partial charge in [0.15, 0.2) is 17.3 Å². The van der Waals surface area contributed by atoms with E-state index in [1.807, 2.05) is 6.07 Å². The zero-order valence-electron chi connectivity index (χ0n) is 12.1. The number of phenolic OH excluding ortho intramolecular Hbond substituents is 2. The van der Waals surface area contributed by atoms with Crippen LogP contribution in [0.1, 0.15) is 15.9 Å². The second-order valence-electron chi connectivity index (χ2n) is 4.92. The molecular formula is C19H14O4. The Balaban J connectivity index is 2.01. The molecule has 0 atom stereocenters. The second kappa shape index (κ2) is 6.23. The lowest BCUT2D eigenvalue weighted by molar-refractivity contribution is 0.103. The van der Waals surface area contributed by atoms with Crippen molar-refractivity contribution in [3.8, 4) is 23.0 Å². The number of ether oxygens (including phenoxy) is 1. The third kappa shape index (κ3) is 3.01. The molecule has 0 heterocycles. The minimum absolute atomic E-state index is 0.0694. The third-order valence-corrected chi connectivity index (χ3v) is 3.35. The highest BCUT2D eigenvalue weighted by Crippen LogP contribution is 2.41. The fraction of sp³-hybridized carbons (Fsp3) is 0. The van der Waals surface area contributed by atoms with Gasteiger partial charge in [-0.1, -0.05) is 48.5 Å². The van der Waals surface area contributed by atoms with E-state index in [2.05, 4.69) is 0 Å². The first kappa shape index (κ1) is 14.7. The SMILES string of the molecule is O=C(c1ccccc1)c1ccc(O)c(Oc2ccccc2)c1O. The van der Waals surface area contributed by atoms with E-state index in [9.17, 15) is 15.0 Å². The summed E-state index contributed by atoms with van der Waals surface area (Å²) in [7, 11) is 0. The Kier molecular flexibility index (Phi) is 3.97. The molecule has 0 unspecified atom stereocenters. The van der Waals surface area contributed by atoms with Crippen LogP contribution in [0.2, 0.25) is 0 Å². The first-order valence-corrected chi connectivity index (χ1v) is 7.04. The molecule has 0 aliphatic heterocycles. The van der Waals surface area contributed by atoms with Crippen molar-refractivity contribution in [1.29, 1.82) is 0 Å². The second-order valence-corrected chi connectivity index (χ2v) is 4.92. The van der Waals surface area contributed by atoms with Crippen LogP contribution in [0.3, 0.4) is 0 Å². The van der Waals surface area contributed by atoms with Gasteiger partial charge in [0.05, 0.1) is 5.56 Å². The van der Waals surface area contributed by atoms with Crippen LogP contribution in [0.25, 0.3) is 0 Å². The largest absolute Gasteiger partial charge is 0.504 e. The number of carbonyl (C=O) groups excluding carboxylic acids is 1. The van der Waals surface area contributed by atoms with Crippen LogP contribution in [0.5, 0.6) is 23.0 Å².